The van der Waals surface area contributed by atoms with Crippen LogP contribution < -0.4 is 0 Å². The summed E-state index contributed by atoms with van der Waals surface area (Å²) in [4.78, 5) is 4.42. The van der Waals surface area contributed by atoms with E-state index >= 15 is 0 Å². The summed E-state index contributed by atoms with van der Waals surface area (Å²) in [7, 11) is -4.57. The Kier molecular flexibility index (Phi) is 3.96. The average Bonchev–Trinajstić information content (AvgIpc) is 3.29. The van der Waals surface area contributed by atoms with E-state index in [2.05, 4.69) is 10.1 Å². The molecule has 0 bridgehead atoms. The highest BCUT2D eigenvalue weighted by Crippen LogP contribution is 2.33. The lowest BCUT2D eigenvalue weighted by Gasteiger charge is -2.07. The number of hydrogen-bond donors (Lipinski definition) is 0. The van der Waals surface area contributed by atoms with Gasteiger partial charge in [-0.15, -0.1) is 5.10 Å². The summed E-state index contributed by atoms with van der Waals surface area (Å²) in [5.74, 6) is 0.518. The third-order valence-corrected chi connectivity index (χ3v) is 6.86. The molecule has 1 saturated carbocycles. The molecule has 1 unspecified atom stereocenters. The largest absolute Gasteiger partial charge is 0.251 e. The SMILES string of the molecule is CS(=O)c1ncc2ccc(-c3cccc(S(=O)(=O)CC4CC4)c3)n2n1. The van der Waals surface area contributed by atoms with Gasteiger partial charge in [-0.1, -0.05) is 12.1 Å². The lowest BCUT2D eigenvalue weighted by Crippen LogP contribution is -2.08. The van der Waals surface area contributed by atoms with E-state index < -0.39 is 20.6 Å². The predicted molar refractivity (Wildman–Crippen MR) is 95.5 cm³/mol. The van der Waals surface area contributed by atoms with Gasteiger partial charge in [0.05, 0.1) is 38.9 Å². The highest BCUT2D eigenvalue weighted by Gasteiger charge is 2.29. The second kappa shape index (κ2) is 6.03. The minimum absolute atomic E-state index is 0.215. The molecule has 3 aromatic rings. The fraction of sp³-hybridized carbons (Fsp3) is 0.294. The van der Waals surface area contributed by atoms with Gasteiger partial charge in [-0.25, -0.2) is 17.9 Å². The minimum Gasteiger partial charge on any atom is -0.251 e. The zero-order valence-corrected chi connectivity index (χ0v) is 15.3. The van der Waals surface area contributed by atoms with Gasteiger partial charge in [-0.05, 0) is 43.0 Å². The van der Waals surface area contributed by atoms with Crippen molar-refractivity contribution in [2.45, 2.75) is 22.9 Å². The molecule has 2 heterocycles. The highest BCUT2D eigenvalue weighted by molar-refractivity contribution is 7.91. The Labute approximate surface area is 148 Å². The molecule has 1 aliphatic carbocycles. The molecule has 25 heavy (non-hydrogen) atoms. The number of nitrogens with zero attached hydrogens (tertiary/aromatic N) is 3. The maximum Gasteiger partial charge on any atom is 0.237 e. The summed E-state index contributed by atoms with van der Waals surface area (Å²) < 4.78 is 38.4. The van der Waals surface area contributed by atoms with Crippen molar-refractivity contribution in [2.24, 2.45) is 5.92 Å². The smallest absolute Gasteiger partial charge is 0.237 e. The van der Waals surface area contributed by atoms with Crippen LogP contribution >= 0.6 is 0 Å². The maximum absolute atomic E-state index is 12.5. The quantitative estimate of drug-likeness (QED) is 0.684. The minimum atomic E-state index is -3.28. The molecule has 0 saturated heterocycles. The predicted octanol–water partition coefficient (Wildman–Crippen LogP) is 2.32. The Morgan fingerprint density at radius 2 is 2.04 bits per heavy atom. The van der Waals surface area contributed by atoms with E-state index in [4.69, 9.17) is 0 Å². The molecule has 0 N–H and O–H groups in total. The first kappa shape index (κ1) is 16.4. The Bertz CT molecular complexity index is 1090. The Hall–Kier alpha value is -2.06. The van der Waals surface area contributed by atoms with Gasteiger partial charge >= 0.3 is 0 Å². The van der Waals surface area contributed by atoms with Crippen molar-refractivity contribution in [1.29, 1.82) is 0 Å². The third-order valence-electron chi connectivity index (χ3n) is 4.28. The molecule has 4 rings (SSSR count). The first-order valence-electron chi connectivity index (χ1n) is 7.95. The van der Waals surface area contributed by atoms with Crippen LogP contribution in [0, 0.1) is 5.92 Å². The zero-order valence-electron chi connectivity index (χ0n) is 13.6. The zero-order chi connectivity index (χ0) is 17.6. The van der Waals surface area contributed by atoms with E-state index in [1.807, 2.05) is 18.2 Å². The lowest BCUT2D eigenvalue weighted by molar-refractivity contribution is 0.592. The van der Waals surface area contributed by atoms with E-state index in [0.717, 1.165) is 29.6 Å². The first-order chi connectivity index (χ1) is 11.9. The summed E-state index contributed by atoms with van der Waals surface area (Å²) in [6, 6.07) is 10.6. The standard InChI is InChI=1S/C17H17N3O3S2/c1-24(21)17-18-10-14-7-8-16(20(14)19-17)13-3-2-4-15(9-13)25(22,23)11-12-5-6-12/h2-4,7-10,12H,5-6,11H2,1H3. The molecular formula is C17H17N3O3S2. The van der Waals surface area contributed by atoms with Gasteiger partial charge in [0.2, 0.25) is 5.16 Å². The Morgan fingerprint density at radius 1 is 1.24 bits per heavy atom. The molecule has 0 amide bonds. The molecule has 0 spiro atoms. The van der Waals surface area contributed by atoms with Gasteiger partial charge in [-0.3, -0.25) is 4.21 Å². The summed E-state index contributed by atoms with van der Waals surface area (Å²) in [5, 5.41) is 4.56. The van der Waals surface area contributed by atoms with Crippen LogP contribution in [0.1, 0.15) is 12.8 Å². The third kappa shape index (κ3) is 3.23. The van der Waals surface area contributed by atoms with E-state index in [1.54, 1.807) is 28.9 Å². The molecule has 1 aromatic carbocycles. The topological polar surface area (TPSA) is 81.4 Å². The van der Waals surface area contributed by atoms with Crippen molar-refractivity contribution < 1.29 is 12.6 Å². The summed E-state index contributed by atoms with van der Waals surface area (Å²) in [6.07, 6.45) is 5.13. The fourth-order valence-corrected chi connectivity index (χ4v) is 4.91. The molecule has 2 aromatic heterocycles. The molecule has 1 atom stereocenters. The monoisotopic (exact) mass is 375 g/mol. The number of rotatable bonds is 5. The summed E-state index contributed by atoms with van der Waals surface area (Å²) >= 11 is 0. The molecule has 1 fully saturated rings. The Balaban J connectivity index is 1.79. The summed E-state index contributed by atoms with van der Waals surface area (Å²) in [6.45, 7) is 0. The van der Waals surface area contributed by atoms with Crippen molar-refractivity contribution in [3.05, 3.63) is 42.6 Å². The second-order valence-corrected chi connectivity index (χ2v) is 9.61. The van der Waals surface area contributed by atoms with Crippen LogP contribution in [0.3, 0.4) is 0 Å². The normalized spacial score (nSPS) is 16.2. The first-order valence-corrected chi connectivity index (χ1v) is 11.2. The summed E-state index contributed by atoms with van der Waals surface area (Å²) in [5.41, 5.74) is 2.26. The molecule has 6 nitrogen and oxygen atoms in total. The van der Waals surface area contributed by atoms with Crippen molar-refractivity contribution in [3.63, 3.8) is 0 Å². The van der Waals surface area contributed by atoms with E-state index in [9.17, 15) is 12.6 Å². The average molecular weight is 375 g/mol. The molecule has 0 radical (unpaired) electrons. The molecule has 0 aliphatic heterocycles. The van der Waals surface area contributed by atoms with Crippen LogP contribution in [0.25, 0.3) is 16.8 Å². The van der Waals surface area contributed by atoms with Crippen LogP contribution in [0.2, 0.25) is 0 Å². The van der Waals surface area contributed by atoms with Crippen LogP contribution in [-0.2, 0) is 20.6 Å². The van der Waals surface area contributed by atoms with Crippen LogP contribution in [0.4, 0.5) is 0 Å². The van der Waals surface area contributed by atoms with Crippen LogP contribution in [0.15, 0.2) is 52.6 Å². The van der Waals surface area contributed by atoms with Crippen molar-refractivity contribution in [1.82, 2.24) is 14.6 Å². The fourth-order valence-electron chi connectivity index (χ4n) is 2.78. The van der Waals surface area contributed by atoms with Crippen molar-refractivity contribution in [3.8, 4) is 11.3 Å². The lowest BCUT2D eigenvalue weighted by atomic mass is 10.2. The van der Waals surface area contributed by atoms with Gasteiger partial charge in [0.25, 0.3) is 0 Å². The van der Waals surface area contributed by atoms with E-state index in [0.29, 0.717) is 10.8 Å². The Morgan fingerprint density at radius 3 is 2.76 bits per heavy atom. The van der Waals surface area contributed by atoms with Gasteiger partial charge in [0.15, 0.2) is 9.84 Å². The number of fused-ring (bicyclic) bond motifs is 1. The second-order valence-electron chi connectivity index (χ2n) is 6.30. The number of hydrogen-bond acceptors (Lipinski definition) is 5. The van der Waals surface area contributed by atoms with Gasteiger partial charge in [0, 0.05) is 11.8 Å². The van der Waals surface area contributed by atoms with Crippen molar-refractivity contribution >= 4 is 26.2 Å². The van der Waals surface area contributed by atoms with Crippen LogP contribution in [0.5, 0.6) is 0 Å². The molecule has 1 aliphatic rings. The molecule has 8 heteroatoms. The number of aromatic nitrogens is 3. The van der Waals surface area contributed by atoms with E-state index in [-0.39, 0.29) is 10.9 Å². The highest BCUT2D eigenvalue weighted by atomic mass is 32.2. The molecule has 130 valence electrons. The maximum atomic E-state index is 12.5. The van der Waals surface area contributed by atoms with Crippen LogP contribution in [-0.4, -0.2) is 39.2 Å². The number of benzene rings is 1. The molecular weight excluding hydrogens is 358 g/mol. The van der Waals surface area contributed by atoms with Crippen molar-refractivity contribution in [2.75, 3.05) is 12.0 Å². The van der Waals surface area contributed by atoms with Gasteiger partial charge < -0.3 is 0 Å². The van der Waals surface area contributed by atoms with E-state index in [1.165, 1.54) is 6.26 Å². The van der Waals surface area contributed by atoms with Gasteiger partial charge in [0.1, 0.15) is 0 Å². The number of sulfone groups is 1. The van der Waals surface area contributed by atoms with Gasteiger partial charge in [-0.2, -0.15) is 0 Å².